The molecule has 0 spiro atoms. The van der Waals surface area contributed by atoms with Gasteiger partial charge in [-0.3, -0.25) is 4.79 Å². The van der Waals surface area contributed by atoms with Gasteiger partial charge in [0.1, 0.15) is 18.8 Å². The summed E-state index contributed by atoms with van der Waals surface area (Å²) < 4.78 is 28.6. The topological polar surface area (TPSA) is 125 Å². The molecule has 1 amide bonds. The number of esters is 1. The highest BCUT2D eigenvalue weighted by Gasteiger charge is 2.32. The number of carbonyl (C=O) groups is 2. The first-order chi connectivity index (χ1) is 18.5. The highest BCUT2D eigenvalue weighted by atomic mass is 16.6. The fraction of sp³-hybridized carbons (Fsp3) is 0.321. The molecule has 200 valence electrons. The van der Waals surface area contributed by atoms with Crippen molar-refractivity contribution in [3.63, 3.8) is 0 Å². The number of pyridine rings is 1. The van der Waals surface area contributed by atoms with Gasteiger partial charge in [-0.25, -0.2) is 9.78 Å². The number of aromatic hydroxyl groups is 1. The third kappa shape index (κ3) is 7.28. The van der Waals surface area contributed by atoms with Crippen LogP contribution in [0.4, 0.5) is 0 Å². The summed E-state index contributed by atoms with van der Waals surface area (Å²) in [4.78, 5) is 29.5. The van der Waals surface area contributed by atoms with E-state index in [0.29, 0.717) is 6.61 Å². The second-order valence-electron chi connectivity index (χ2n) is 8.57. The first-order valence-electron chi connectivity index (χ1n) is 12.1. The van der Waals surface area contributed by atoms with E-state index in [1.165, 1.54) is 19.4 Å². The van der Waals surface area contributed by atoms with Crippen molar-refractivity contribution >= 4 is 11.9 Å². The lowest BCUT2D eigenvalue weighted by atomic mass is 10.2. The van der Waals surface area contributed by atoms with Crippen molar-refractivity contribution in [1.29, 1.82) is 0 Å². The van der Waals surface area contributed by atoms with Gasteiger partial charge in [0.25, 0.3) is 5.91 Å². The maximum atomic E-state index is 12.9. The molecule has 1 aliphatic heterocycles. The Hall–Kier alpha value is -3.99. The summed E-state index contributed by atoms with van der Waals surface area (Å²) in [5.74, 6) is -1.85. The minimum absolute atomic E-state index is 0.0789. The molecule has 2 heterocycles. The van der Waals surface area contributed by atoms with Crippen LogP contribution in [0, 0.1) is 0 Å². The molecule has 0 unspecified atom stereocenters. The molecule has 1 saturated heterocycles. The Morgan fingerprint density at radius 2 is 1.55 bits per heavy atom. The lowest BCUT2D eigenvalue weighted by Crippen LogP contribution is -2.45. The Balaban J connectivity index is 1.45. The molecular weight excluding hydrogens is 492 g/mol. The molecule has 10 nitrogen and oxygen atoms in total. The van der Waals surface area contributed by atoms with Crippen LogP contribution in [0.2, 0.25) is 0 Å². The number of methoxy groups -OCH3 is 1. The van der Waals surface area contributed by atoms with Gasteiger partial charge in [0.2, 0.25) is 0 Å². The van der Waals surface area contributed by atoms with Crippen molar-refractivity contribution in [3.8, 4) is 11.5 Å². The summed E-state index contributed by atoms with van der Waals surface area (Å²) >= 11 is 0. The second kappa shape index (κ2) is 13.5. The van der Waals surface area contributed by atoms with Gasteiger partial charge in [0, 0.05) is 12.3 Å². The number of hydrogen-bond donors (Lipinski definition) is 2. The van der Waals surface area contributed by atoms with E-state index in [0.717, 1.165) is 11.1 Å². The highest BCUT2D eigenvalue weighted by molar-refractivity contribution is 5.98. The third-order valence-corrected chi connectivity index (χ3v) is 5.90. The van der Waals surface area contributed by atoms with Crippen LogP contribution in [0.3, 0.4) is 0 Å². The summed E-state index contributed by atoms with van der Waals surface area (Å²) in [6.07, 6.45) is 0.140. The number of cyclic esters (lactones) is 1. The average molecular weight is 523 g/mol. The molecule has 3 aromatic rings. The first-order valence-corrected chi connectivity index (χ1v) is 12.1. The maximum Gasteiger partial charge on any atom is 0.331 e. The van der Waals surface area contributed by atoms with E-state index >= 15 is 0 Å². The van der Waals surface area contributed by atoms with E-state index < -0.39 is 35.9 Å². The maximum absolute atomic E-state index is 12.9. The van der Waals surface area contributed by atoms with Gasteiger partial charge in [-0.2, -0.15) is 0 Å². The Morgan fingerprint density at radius 1 is 0.947 bits per heavy atom. The van der Waals surface area contributed by atoms with Crippen molar-refractivity contribution in [2.75, 3.05) is 26.9 Å². The summed E-state index contributed by atoms with van der Waals surface area (Å²) in [6.45, 7) is 0.414. The number of hydrogen-bond acceptors (Lipinski definition) is 9. The van der Waals surface area contributed by atoms with Gasteiger partial charge < -0.3 is 34.1 Å². The van der Waals surface area contributed by atoms with Crippen LogP contribution in [0.1, 0.15) is 21.6 Å². The number of carbonyl (C=O) groups excluding carboxylic acids is 2. The molecule has 3 atom stereocenters. The van der Waals surface area contributed by atoms with E-state index in [2.05, 4.69) is 10.3 Å². The number of nitrogens with one attached hydrogen (secondary N) is 1. The molecular formula is C28H30N2O8. The predicted octanol–water partition coefficient (Wildman–Crippen LogP) is 2.64. The van der Waals surface area contributed by atoms with Gasteiger partial charge in [-0.1, -0.05) is 60.7 Å². The zero-order chi connectivity index (χ0) is 26.7. The molecule has 1 aromatic heterocycles. The molecule has 0 radical (unpaired) electrons. The number of aromatic nitrogens is 1. The third-order valence-electron chi connectivity index (χ3n) is 5.90. The Kier molecular flexibility index (Phi) is 9.63. The SMILES string of the molecule is COc1ccnc(C(=O)N[C@H]2COC[C@H](OCc3ccccc3)[C@@H](OCc3ccccc3)COC2=O)c1O. The minimum atomic E-state index is -1.14. The van der Waals surface area contributed by atoms with Gasteiger partial charge in [-0.15, -0.1) is 0 Å². The summed E-state index contributed by atoms with van der Waals surface area (Å²) in [6, 6.07) is 19.5. The summed E-state index contributed by atoms with van der Waals surface area (Å²) in [5, 5.41) is 12.8. The standard InChI is InChI=1S/C28H30N2O8/c1-34-22-12-13-29-25(26(22)31)27(32)30-21-16-35-17-23(36-14-19-8-4-2-5-9-19)24(18-38-28(21)33)37-15-20-10-6-3-7-11-20/h2-13,21,23-24,31H,14-18H2,1H3,(H,30,32)/t21-,23-,24-/m0/s1. The molecule has 0 bridgehead atoms. The molecule has 38 heavy (non-hydrogen) atoms. The van der Waals surface area contributed by atoms with Gasteiger partial charge in [-0.05, 0) is 11.1 Å². The molecule has 0 saturated carbocycles. The molecule has 2 N–H and O–H groups in total. The number of benzene rings is 2. The van der Waals surface area contributed by atoms with E-state index in [-0.39, 0.29) is 37.9 Å². The number of nitrogens with zero attached hydrogens (tertiary/aromatic N) is 1. The number of amides is 1. The van der Waals surface area contributed by atoms with Crippen LogP contribution in [0.5, 0.6) is 11.5 Å². The van der Waals surface area contributed by atoms with Crippen molar-refractivity contribution in [1.82, 2.24) is 10.3 Å². The lowest BCUT2D eigenvalue weighted by molar-refractivity contribution is -0.156. The molecule has 4 rings (SSSR count). The van der Waals surface area contributed by atoms with E-state index in [1.807, 2.05) is 60.7 Å². The predicted molar refractivity (Wildman–Crippen MR) is 136 cm³/mol. The quantitative estimate of drug-likeness (QED) is 0.408. The molecule has 1 aliphatic rings. The van der Waals surface area contributed by atoms with E-state index in [9.17, 15) is 14.7 Å². The van der Waals surface area contributed by atoms with Gasteiger partial charge >= 0.3 is 5.97 Å². The minimum Gasteiger partial charge on any atom is -0.503 e. The number of ether oxygens (including phenoxy) is 5. The van der Waals surface area contributed by atoms with Crippen LogP contribution < -0.4 is 10.1 Å². The molecule has 2 aromatic carbocycles. The summed E-state index contributed by atoms with van der Waals surface area (Å²) in [7, 11) is 1.35. The zero-order valence-electron chi connectivity index (χ0n) is 20.9. The van der Waals surface area contributed by atoms with Crippen LogP contribution in [-0.4, -0.2) is 67.1 Å². The normalized spacial score (nSPS) is 19.9. The van der Waals surface area contributed by atoms with Crippen LogP contribution >= 0.6 is 0 Å². The summed E-state index contributed by atoms with van der Waals surface area (Å²) in [5.41, 5.74) is 1.64. The fourth-order valence-electron chi connectivity index (χ4n) is 3.81. The first kappa shape index (κ1) is 27.1. The molecule has 10 heteroatoms. The zero-order valence-corrected chi connectivity index (χ0v) is 20.9. The van der Waals surface area contributed by atoms with Gasteiger partial charge in [0.05, 0.1) is 33.5 Å². The Labute approximate surface area is 220 Å². The van der Waals surface area contributed by atoms with Gasteiger partial charge in [0.15, 0.2) is 23.2 Å². The molecule has 0 aliphatic carbocycles. The number of rotatable bonds is 9. The Morgan fingerprint density at radius 3 is 2.16 bits per heavy atom. The van der Waals surface area contributed by atoms with Crippen LogP contribution in [0.15, 0.2) is 72.9 Å². The van der Waals surface area contributed by atoms with E-state index in [1.54, 1.807) is 0 Å². The highest BCUT2D eigenvalue weighted by Crippen LogP contribution is 2.27. The van der Waals surface area contributed by atoms with Crippen LogP contribution in [-0.2, 0) is 37.0 Å². The smallest absolute Gasteiger partial charge is 0.331 e. The van der Waals surface area contributed by atoms with E-state index in [4.69, 9.17) is 23.7 Å². The van der Waals surface area contributed by atoms with Crippen molar-refractivity contribution in [3.05, 3.63) is 89.7 Å². The van der Waals surface area contributed by atoms with Crippen molar-refractivity contribution in [2.45, 2.75) is 31.5 Å². The Bertz CT molecular complexity index is 1190. The lowest BCUT2D eigenvalue weighted by Gasteiger charge is -2.26. The fourth-order valence-corrected chi connectivity index (χ4v) is 3.81. The van der Waals surface area contributed by atoms with Crippen molar-refractivity contribution in [2.24, 2.45) is 0 Å². The second-order valence-corrected chi connectivity index (χ2v) is 8.57. The monoisotopic (exact) mass is 522 g/mol. The largest absolute Gasteiger partial charge is 0.503 e. The molecule has 1 fully saturated rings. The van der Waals surface area contributed by atoms with Crippen molar-refractivity contribution < 1.29 is 38.4 Å². The van der Waals surface area contributed by atoms with Crippen LogP contribution in [0.25, 0.3) is 0 Å². The average Bonchev–Trinajstić information content (AvgIpc) is 3.01.